The van der Waals surface area contributed by atoms with Crippen molar-refractivity contribution >= 4 is 22.4 Å². The molecule has 1 aromatic rings. The number of nitrogens with one attached hydrogen (secondary N) is 1. The summed E-state index contributed by atoms with van der Waals surface area (Å²) in [5.41, 5.74) is 7.35. The molecular formula is C15H25ClN2O3S. The summed E-state index contributed by atoms with van der Waals surface area (Å²) in [6.07, 6.45) is 2.87. The molecule has 5 nitrogen and oxygen atoms in total. The van der Waals surface area contributed by atoms with Gasteiger partial charge in [-0.3, -0.25) is 0 Å². The highest BCUT2D eigenvalue weighted by molar-refractivity contribution is 7.89. The average molecular weight is 349 g/mol. The van der Waals surface area contributed by atoms with Crippen LogP contribution in [0, 0.1) is 19.8 Å². The highest BCUT2D eigenvalue weighted by Crippen LogP contribution is 2.29. The van der Waals surface area contributed by atoms with Crippen LogP contribution < -0.4 is 15.2 Å². The Bertz CT molecular complexity index is 596. The normalized spacial score (nSPS) is 21.5. The van der Waals surface area contributed by atoms with Gasteiger partial charge in [0.05, 0.1) is 12.0 Å². The zero-order valence-electron chi connectivity index (χ0n) is 13.3. The van der Waals surface area contributed by atoms with Crippen LogP contribution in [-0.2, 0) is 10.0 Å². The number of aryl methyl sites for hydroxylation is 2. The van der Waals surface area contributed by atoms with Gasteiger partial charge in [-0.2, -0.15) is 0 Å². The number of halogens is 1. The van der Waals surface area contributed by atoms with E-state index in [2.05, 4.69) is 4.72 Å². The molecule has 0 saturated heterocycles. The third-order valence-electron chi connectivity index (χ3n) is 4.22. The smallest absolute Gasteiger partial charge is 0.240 e. The minimum atomic E-state index is -3.52. The summed E-state index contributed by atoms with van der Waals surface area (Å²) in [5, 5.41) is 0. The molecule has 2 unspecified atom stereocenters. The minimum absolute atomic E-state index is 0. The number of ether oxygens (including phenoxy) is 1. The lowest BCUT2D eigenvalue weighted by Gasteiger charge is -2.20. The molecule has 0 heterocycles. The maximum Gasteiger partial charge on any atom is 0.240 e. The molecule has 1 fully saturated rings. The number of sulfonamides is 1. The van der Waals surface area contributed by atoms with Gasteiger partial charge < -0.3 is 10.5 Å². The number of hydrogen-bond donors (Lipinski definition) is 2. The monoisotopic (exact) mass is 348 g/mol. The van der Waals surface area contributed by atoms with Crippen LogP contribution in [0.1, 0.15) is 30.4 Å². The fourth-order valence-corrected chi connectivity index (χ4v) is 4.64. The minimum Gasteiger partial charge on any atom is -0.496 e. The predicted octanol–water partition coefficient (Wildman–Crippen LogP) is 2.14. The standard InChI is InChI=1S/C15H24N2O3S.ClH/c1-10-7-13(8-11(2)15(10)20-3)21(18,19)17-14-6-4-5-12(14)9-16;/h7-8,12,14,17H,4-6,9,16H2,1-3H3;1H. The quantitative estimate of drug-likeness (QED) is 0.854. The summed E-state index contributed by atoms with van der Waals surface area (Å²) in [6, 6.07) is 3.25. The molecule has 0 spiro atoms. The maximum atomic E-state index is 12.6. The molecule has 0 amide bonds. The van der Waals surface area contributed by atoms with Gasteiger partial charge in [-0.25, -0.2) is 13.1 Å². The molecule has 22 heavy (non-hydrogen) atoms. The fourth-order valence-electron chi connectivity index (χ4n) is 3.13. The third-order valence-corrected chi connectivity index (χ3v) is 5.69. The first-order valence-corrected chi connectivity index (χ1v) is 8.75. The maximum absolute atomic E-state index is 12.6. The van der Waals surface area contributed by atoms with E-state index < -0.39 is 10.0 Å². The van der Waals surface area contributed by atoms with Crippen LogP contribution in [0.15, 0.2) is 17.0 Å². The van der Waals surface area contributed by atoms with Gasteiger partial charge in [-0.05, 0) is 62.4 Å². The molecule has 126 valence electrons. The largest absolute Gasteiger partial charge is 0.496 e. The Morgan fingerprint density at radius 2 is 1.86 bits per heavy atom. The van der Waals surface area contributed by atoms with Crippen molar-refractivity contribution in [1.29, 1.82) is 0 Å². The van der Waals surface area contributed by atoms with Crippen molar-refractivity contribution in [1.82, 2.24) is 4.72 Å². The molecule has 0 radical (unpaired) electrons. The second kappa shape index (κ2) is 7.64. The van der Waals surface area contributed by atoms with E-state index in [-0.39, 0.29) is 24.4 Å². The molecule has 2 rings (SSSR count). The fraction of sp³-hybridized carbons (Fsp3) is 0.600. The molecule has 1 saturated carbocycles. The predicted molar refractivity (Wildman–Crippen MR) is 90.2 cm³/mol. The summed E-state index contributed by atoms with van der Waals surface area (Å²) in [5.74, 6) is 0.967. The number of rotatable bonds is 5. The van der Waals surface area contributed by atoms with Gasteiger partial charge in [0, 0.05) is 6.04 Å². The van der Waals surface area contributed by atoms with Gasteiger partial charge in [0.15, 0.2) is 0 Å². The van der Waals surface area contributed by atoms with Crippen LogP contribution in [0.3, 0.4) is 0 Å². The lowest BCUT2D eigenvalue weighted by molar-refractivity contribution is 0.408. The Labute approximate surface area is 139 Å². The second-order valence-electron chi connectivity index (χ2n) is 5.74. The molecule has 3 N–H and O–H groups in total. The first-order valence-electron chi connectivity index (χ1n) is 7.26. The Morgan fingerprint density at radius 1 is 1.27 bits per heavy atom. The zero-order chi connectivity index (χ0) is 15.6. The molecule has 1 aliphatic carbocycles. The Kier molecular flexibility index (Phi) is 6.67. The zero-order valence-corrected chi connectivity index (χ0v) is 14.9. The molecule has 1 aromatic carbocycles. The van der Waals surface area contributed by atoms with Crippen LogP contribution >= 0.6 is 12.4 Å². The number of hydrogen-bond acceptors (Lipinski definition) is 4. The van der Waals surface area contributed by atoms with Crippen LogP contribution in [0.2, 0.25) is 0 Å². The van der Waals surface area contributed by atoms with Crippen molar-refractivity contribution in [3.63, 3.8) is 0 Å². The van der Waals surface area contributed by atoms with Crippen LogP contribution in [-0.4, -0.2) is 28.1 Å². The second-order valence-corrected chi connectivity index (χ2v) is 7.46. The lowest BCUT2D eigenvalue weighted by atomic mass is 10.1. The van der Waals surface area contributed by atoms with Crippen molar-refractivity contribution in [2.24, 2.45) is 11.7 Å². The summed E-state index contributed by atoms with van der Waals surface area (Å²) in [6.45, 7) is 4.22. The van der Waals surface area contributed by atoms with E-state index in [4.69, 9.17) is 10.5 Å². The van der Waals surface area contributed by atoms with E-state index in [9.17, 15) is 8.42 Å². The summed E-state index contributed by atoms with van der Waals surface area (Å²) in [7, 11) is -1.93. The van der Waals surface area contributed by atoms with Crippen molar-refractivity contribution < 1.29 is 13.2 Å². The average Bonchev–Trinajstić information content (AvgIpc) is 2.84. The van der Waals surface area contributed by atoms with Crippen LogP contribution in [0.4, 0.5) is 0 Å². The third kappa shape index (κ3) is 3.93. The van der Waals surface area contributed by atoms with E-state index >= 15 is 0 Å². The van der Waals surface area contributed by atoms with E-state index in [0.29, 0.717) is 11.4 Å². The Morgan fingerprint density at radius 3 is 2.36 bits per heavy atom. The van der Waals surface area contributed by atoms with Crippen LogP contribution in [0.5, 0.6) is 5.75 Å². The molecular weight excluding hydrogens is 324 g/mol. The van der Waals surface area contributed by atoms with Gasteiger partial charge in [-0.1, -0.05) is 6.42 Å². The van der Waals surface area contributed by atoms with Gasteiger partial charge >= 0.3 is 0 Å². The van der Waals surface area contributed by atoms with E-state index in [1.165, 1.54) is 0 Å². The van der Waals surface area contributed by atoms with Crippen LogP contribution in [0.25, 0.3) is 0 Å². The van der Waals surface area contributed by atoms with Gasteiger partial charge in [0.2, 0.25) is 10.0 Å². The van der Waals surface area contributed by atoms with Gasteiger partial charge in [0.1, 0.15) is 5.75 Å². The molecule has 2 atom stereocenters. The molecule has 0 bridgehead atoms. The van der Waals surface area contributed by atoms with Crippen molar-refractivity contribution in [3.05, 3.63) is 23.3 Å². The molecule has 7 heteroatoms. The molecule has 1 aliphatic rings. The van der Waals surface area contributed by atoms with E-state index in [1.807, 2.05) is 13.8 Å². The number of benzene rings is 1. The first kappa shape index (κ1) is 19.2. The van der Waals surface area contributed by atoms with Crippen molar-refractivity contribution in [2.45, 2.75) is 44.0 Å². The summed E-state index contributed by atoms with van der Waals surface area (Å²) < 4.78 is 33.2. The number of methoxy groups -OCH3 is 1. The van der Waals surface area contributed by atoms with Crippen molar-refractivity contribution in [2.75, 3.05) is 13.7 Å². The molecule has 0 aliphatic heterocycles. The van der Waals surface area contributed by atoms with Crippen molar-refractivity contribution in [3.8, 4) is 5.75 Å². The van der Waals surface area contributed by atoms with E-state index in [1.54, 1.807) is 19.2 Å². The highest BCUT2D eigenvalue weighted by atomic mass is 35.5. The van der Waals surface area contributed by atoms with E-state index in [0.717, 1.165) is 36.1 Å². The Balaban J connectivity index is 0.00000242. The molecule has 0 aromatic heterocycles. The summed E-state index contributed by atoms with van der Waals surface area (Å²) in [4.78, 5) is 0.293. The van der Waals surface area contributed by atoms with Gasteiger partial charge in [-0.15, -0.1) is 12.4 Å². The summed E-state index contributed by atoms with van der Waals surface area (Å²) >= 11 is 0. The number of nitrogens with two attached hydrogens (primary N) is 1. The topological polar surface area (TPSA) is 81.4 Å². The SMILES string of the molecule is COc1c(C)cc(S(=O)(=O)NC2CCCC2CN)cc1C.Cl. The lowest BCUT2D eigenvalue weighted by Crippen LogP contribution is -2.39. The first-order chi connectivity index (χ1) is 9.89. The van der Waals surface area contributed by atoms with Gasteiger partial charge in [0.25, 0.3) is 0 Å². The highest BCUT2D eigenvalue weighted by Gasteiger charge is 2.30. The Hall–Kier alpha value is -0.820.